The van der Waals surface area contributed by atoms with Gasteiger partial charge < -0.3 is 30.3 Å². The lowest BCUT2D eigenvalue weighted by Gasteiger charge is -2.38. The van der Waals surface area contributed by atoms with E-state index >= 15 is 0 Å². The summed E-state index contributed by atoms with van der Waals surface area (Å²) in [4.78, 5) is 56.3. The fourth-order valence-electron chi connectivity index (χ4n) is 7.99. The van der Waals surface area contributed by atoms with Crippen LogP contribution in [-0.4, -0.2) is 104 Å². The lowest BCUT2D eigenvalue weighted by molar-refractivity contribution is -0.118. The van der Waals surface area contributed by atoms with Crippen LogP contribution < -0.4 is 20.4 Å². The Morgan fingerprint density at radius 3 is 1.28 bits per heavy atom. The maximum absolute atomic E-state index is 12.7. The molecular formula is C42H54N10O6. The summed E-state index contributed by atoms with van der Waals surface area (Å²) in [6.45, 7) is 7.24. The molecule has 0 aromatic carbocycles. The van der Waals surface area contributed by atoms with E-state index in [2.05, 4.69) is 30.6 Å². The molecule has 4 aromatic rings. The van der Waals surface area contributed by atoms with Gasteiger partial charge in [-0.05, 0) is 103 Å². The summed E-state index contributed by atoms with van der Waals surface area (Å²) in [7, 11) is 3.48. The molecule has 6 heterocycles. The molecule has 16 heteroatoms. The standard InChI is InChI=1S/2C21H27N5O3/c2*1-21(2,28)17-9-4-13(10-22-17)16-11-23-19-20(25-16)26(18(27)12-24-19)14-5-7-15(29-3)8-6-14/h2*4,9-11,14-15,28H,5-8,12H2,1-3H3,(H,23,24). The van der Waals surface area contributed by atoms with Crippen LogP contribution in [0.4, 0.5) is 23.3 Å². The lowest BCUT2D eigenvalue weighted by atomic mass is 9.91. The number of nitrogens with zero attached hydrogens (tertiary/aromatic N) is 8. The molecular weight excluding hydrogens is 741 g/mol. The highest BCUT2D eigenvalue weighted by Gasteiger charge is 2.37. The minimum absolute atomic E-state index is 0.0142. The van der Waals surface area contributed by atoms with Crippen molar-refractivity contribution < 1.29 is 29.3 Å². The van der Waals surface area contributed by atoms with E-state index in [0.717, 1.165) is 62.5 Å². The number of aliphatic hydroxyl groups is 2. The molecule has 0 unspecified atom stereocenters. The van der Waals surface area contributed by atoms with Gasteiger partial charge in [0.2, 0.25) is 11.8 Å². The zero-order valence-corrected chi connectivity index (χ0v) is 34.1. The molecule has 8 rings (SSSR count). The first-order valence-electron chi connectivity index (χ1n) is 20.0. The van der Waals surface area contributed by atoms with Gasteiger partial charge in [-0.2, -0.15) is 0 Å². The van der Waals surface area contributed by atoms with Crippen LogP contribution in [0, 0.1) is 0 Å². The number of ether oxygens (including phenoxy) is 2. The fourth-order valence-corrected chi connectivity index (χ4v) is 7.99. The van der Waals surface area contributed by atoms with Crippen LogP contribution >= 0.6 is 0 Å². The van der Waals surface area contributed by atoms with Crippen LogP contribution in [0.3, 0.4) is 0 Å². The summed E-state index contributed by atoms with van der Waals surface area (Å²) in [5, 5.41) is 26.3. The molecule has 4 aromatic heterocycles. The minimum Gasteiger partial charge on any atom is -0.384 e. The highest BCUT2D eigenvalue weighted by molar-refractivity contribution is 6.02. The monoisotopic (exact) mass is 794 g/mol. The van der Waals surface area contributed by atoms with Gasteiger partial charge in [-0.1, -0.05) is 0 Å². The third kappa shape index (κ3) is 8.94. The van der Waals surface area contributed by atoms with Crippen molar-refractivity contribution in [3.05, 3.63) is 60.4 Å². The van der Waals surface area contributed by atoms with Crippen molar-refractivity contribution in [2.75, 3.05) is 47.7 Å². The van der Waals surface area contributed by atoms with Crippen LogP contribution in [0.15, 0.2) is 49.1 Å². The Bertz CT molecular complexity index is 1920. The van der Waals surface area contributed by atoms with E-state index in [9.17, 15) is 19.8 Å². The fraction of sp³-hybridized carbons (Fsp3) is 0.524. The van der Waals surface area contributed by atoms with Crippen LogP contribution in [0.25, 0.3) is 22.5 Å². The average Bonchev–Trinajstić information content (AvgIpc) is 3.23. The molecule has 0 atom stereocenters. The predicted octanol–water partition coefficient (Wildman–Crippen LogP) is 4.96. The molecule has 16 nitrogen and oxygen atoms in total. The molecule has 4 aliphatic rings. The SMILES string of the molecule is COC1CCC(N2C(=O)CNc3ncc(-c4ccc(C(C)(C)O)nc4)nc32)CC1.COC1CCC(N2C(=O)CNc3ncc(-c4ccc(C(C)(C)O)nc4)nc32)CC1. The van der Waals surface area contributed by atoms with Gasteiger partial charge in [-0.3, -0.25) is 29.4 Å². The zero-order valence-electron chi connectivity index (χ0n) is 34.1. The van der Waals surface area contributed by atoms with Crippen molar-refractivity contribution >= 4 is 35.1 Å². The maximum atomic E-state index is 12.7. The minimum atomic E-state index is -1.01. The van der Waals surface area contributed by atoms with Gasteiger partial charge in [0.05, 0.1) is 60.5 Å². The van der Waals surface area contributed by atoms with Crippen LogP contribution in [0.5, 0.6) is 0 Å². The lowest BCUT2D eigenvalue weighted by Crippen LogP contribution is -2.49. The molecule has 308 valence electrons. The summed E-state index contributed by atoms with van der Waals surface area (Å²) in [5.41, 5.74) is 2.02. The summed E-state index contributed by atoms with van der Waals surface area (Å²) < 4.78 is 10.9. The van der Waals surface area contributed by atoms with E-state index in [4.69, 9.17) is 19.4 Å². The number of hydrogen-bond donors (Lipinski definition) is 4. The van der Waals surface area contributed by atoms with Crippen molar-refractivity contribution in [2.45, 2.75) is 115 Å². The number of carbonyl (C=O) groups excluding carboxylic acids is 2. The normalized spacial score (nSPS) is 22.2. The van der Waals surface area contributed by atoms with Crippen LogP contribution in [0.2, 0.25) is 0 Å². The van der Waals surface area contributed by atoms with E-state index in [1.54, 1.807) is 78.8 Å². The molecule has 2 aliphatic carbocycles. The number of rotatable bonds is 8. The van der Waals surface area contributed by atoms with Gasteiger partial charge in [-0.25, -0.2) is 19.9 Å². The molecule has 0 saturated heterocycles. The Labute approximate surface area is 338 Å². The predicted molar refractivity (Wildman–Crippen MR) is 219 cm³/mol. The third-order valence-corrected chi connectivity index (χ3v) is 11.4. The summed E-state index contributed by atoms with van der Waals surface area (Å²) in [5.74, 6) is 2.43. The van der Waals surface area contributed by atoms with E-state index in [0.29, 0.717) is 46.0 Å². The van der Waals surface area contributed by atoms with E-state index < -0.39 is 11.2 Å². The number of carbonyl (C=O) groups is 2. The topological polar surface area (TPSA) is 201 Å². The Balaban J connectivity index is 0.000000177. The quantitative estimate of drug-likeness (QED) is 0.186. The first kappa shape index (κ1) is 41.0. The number of fused-ring (bicyclic) bond motifs is 2. The largest absolute Gasteiger partial charge is 0.384 e. The van der Waals surface area contributed by atoms with E-state index in [1.165, 1.54) is 0 Å². The number of methoxy groups -OCH3 is 2. The number of amides is 2. The van der Waals surface area contributed by atoms with Crippen molar-refractivity contribution in [3.63, 3.8) is 0 Å². The summed E-state index contributed by atoms with van der Waals surface area (Å²) in [6.07, 6.45) is 14.5. The number of hydrogen-bond acceptors (Lipinski definition) is 14. The Morgan fingerprint density at radius 1 is 0.586 bits per heavy atom. The zero-order chi connectivity index (χ0) is 41.2. The molecule has 0 bridgehead atoms. The molecule has 4 N–H and O–H groups in total. The molecule has 0 spiro atoms. The van der Waals surface area contributed by atoms with Crippen LogP contribution in [-0.2, 0) is 30.3 Å². The van der Waals surface area contributed by atoms with Gasteiger partial charge in [0.1, 0.15) is 11.2 Å². The first-order chi connectivity index (χ1) is 27.7. The first-order valence-corrected chi connectivity index (χ1v) is 20.0. The molecule has 0 radical (unpaired) electrons. The molecule has 58 heavy (non-hydrogen) atoms. The summed E-state index contributed by atoms with van der Waals surface area (Å²) >= 11 is 0. The summed E-state index contributed by atoms with van der Waals surface area (Å²) in [6, 6.07) is 7.50. The van der Waals surface area contributed by atoms with E-state index in [1.807, 2.05) is 21.9 Å². The van der Waals surface area contributed by atoms with Gasteiger partial charge in [0.15, 0.2) is 23.3 Å². The molecule has 2 aliphatic heterocycles. The van der Waals surface area contributed by atoms with Gasteiger partial charge in [-0.15, -0.1) is 0 Å². The highest BCUT2D eigenvalue weighted by atomic mass is 16.5. The Hall–Kier alpha value is -5.16. The number of pyridine rings is 2. The van der Waals surface area contributed by atoms with Gasteiger partial charge in [0.25, 0.3) is 0 Å². The molecule has 2 fully saturated rings. The smallest absolute Gasteiger partial charge is 0.247 e. The van der Waals surface area contributed by atoms with Gasteiger partial charge in [0, 0.05) is 49.8 Å². The second-order valence-electron chi connectivity index (χ2n) is 16.4. The third-order valence-electron chi connectivity index (χ3n) is 11.4. The Morgan fingerprint density at radius 2 is 0.966 bits per heavy atom. The van der Waals surface area contributed by atoms with Crippen molar-refractivity contribution in [3.8, 4) is 22.5 Å². The van der Waals surface area contributed by atoms with Crippen molar-refractivity contribution in [1.29, 1.82) is 0 Å². The van der Waals surface area contributed by atoms with Crippen LogP contribution in [0.1, 0.15) is 90.4 Å². The van der Waals surface area contributed by atoms with Crippen molar-refractivity contribution in [1.82, 2.24) is 29.9 Å². The number of aromatic nitrogens is 6. The number of nitrogens with one attached hydrogen (secondary N) is 2. The average molecular weight is 795 g/mol. The second-order valence-corrected chi connectivity index (χ2v) is 16.4. The Kier molecular flexibility index (Phi) is 12.0. The number of anilines is 4. The maximum Gasteiger partial charge on any atom is 0.247 e. The molecule has 2 amide bonds. The second kappa shape index (κ2) is 17.0. The molecule has 2 saturated carbocycles. The van der Waals surface area contributed by atoms with E-state index in [-0.39, 0.29) is 49.2 Å². The van der Waals surface area contributed by atoms with Crippen molar-refractivity contribution in [2.24, 2.45) is 0 Å². The highest BCUT2D eigenvalue weighted by Crippen LogP contribution is 2.36. The van der Waals surface area contributed by atoms with Gasteiger partial charge >= 0.3 is 0 Å².